The van der Waals surface area contributed by atoms with Gasteiger partial charge in [-0.15, -0.1) is 0 Å². The summed E-state index contributed by atoms with van der Waals surface area (Å²) in [5.74, 6) is 0. The molecule has 0 atom stereocenters. The van der Waals surface area contributed by atoms with Gasteiger partial charge in [0.1, 0.15) is 0 Å². The Morgan fingerprint density at radius 2 is 1.89 bits per heavy atom. The third-order valence-corrected chi connectivity index (χ3v) is 3.83. The molecule has 2 rings (SSSR count). The van der Waals surface area contributed by atoms with E-state index in [9.17, 15) is 0 Å². The molecule has 0 unspecified atom stereocenters. The van der Waals surface area contributed by atoms with Crippen LogP contribution in [0.5, 0.6) is 0 Å². The maximum absolute atomic E-state index is 4.33. The van der Waals surface area contributed by atoms with E-state index in [1.165, 1.54) is 62.9 Å². The molecule has 1 fully saturated rings. The SMILES string of the molecule is CCCNCc1ccncc1N1CCCCCCC1. The molecule has 19 heavy (non-hydrogen) atoms. The van der Waals surface area contributed by atoms with Crippen molar-refractivity contribution in [2.24, 2.45) is 0 Å². The Morgan fingerprint density at radius 3 is 2.63 bits per heavy atom. The van der Waals surface area contributed by atoms with Crippen molar-refractivity contribution in [2.45, 2.75) is 52.0 Å². The molecule has 3 heteroatoms. The fraction of sp³-hybridized carbons (Fsp3) is 0.688. The van der Waals surface area contributed by atoms with Crippen LogP contribution < -0.4 is 10.2 Å². The summed E-state index contributed by atoms with van der Waals surface area (Å²) in [4.78, 5) is 6.87. The van der Waals surface area contributed by atoms with E-state index in [-0.39, 0.29) is 0 Å². The van der Waals surface area contributed by atoms with Crippen LogP contribution in [0.4, 0.5) is 5.69 Å². The molecule has 1 aliphatic heterocycles. The first-order valence-corrected chi connectivity index (χ1v) is 7.80. The number of pyridine rings is 1. The Morgan fingerprint density at radius 1 is 1.16 bits per heavy atom. The molecule has 1 aromatic heterocycles. The number of aromatic nitrogens is 1. The molecule has 1 saturated heterocycles. The number of anilines is 1. The second kappa shape index (κ2) is 8.16. The lowest BCUT2D eigenvalue weighted by Gasteiger charge is -2.28. The van der Waals surface area contributed by atoms with Crippen LogP contribution in [0.25, 0.3) is 0 Å². The van der Waals surface area contributed by atoms with E-state index in [1.54, 1.807) is 0 Å². The van der Waals surface area contributed by atoms with Crippen LogP contribution in [0.15, 0.2) is 18.5 Å². The van der Waals surface area contributed by atoms with E-state index in [0.717, 1.165) is 13.1 Å². The smallest absolute Gasteiger partial charge is 0.0598 e. The molecule has 1 aliphatic rings. The second-order valence-corrected chi connectivity index (χ2v) is 5.44. The van der Waals surface area contributed by atoms with Crippen LogP contribution >= 0.6 is 0 Å². The highest BCUT2D eigenvalue weighted by Gasteiger charge is 2.12. The van der Waals surface area contributed by atoms with Gasteiger partial charge in [-0.05, 0) is 37.4 Å². The minimum Gasteiger partial charge on any atom is -0.370 e. The standard InChI is InChI=1S/C16H27N3/c1-2-9-17-13-15-8-10-18-14-16(15)19-11-6-4-3-5-7-12-19/h8,10,14,17H,2-7,9,11-13H2,1H3. The van der Waals surface area contributed by atoms with Crippen LogP contribution in [0.3, 0.4) is 0 Å². The minimum atomic E-state index is 0.961. The summed E-state index contributed by atoms with van der Waals surface area (Å²) in [5.41, 5.74) is 2.73. The number of hydrogen-bond donors (Lipinski definition) is 1. The van der Waals surface area contributed by atoms with Crippen molar-refractivity contribution in [1.82, 2.24) is 10.3 Å². The number of nitrogens with zero attached hydrogens (tertiary/aromatic N) is 2. The molecule has 0 bridgehead atoms. The predicted molar refractivity (Wildman–Crippen MR) is 81.5 cm³/mol. The van der Waals surface area contributed by atoms with E-state index in [0.29, 0.717) is 0 Å². The number of hydrogen-bond acceptors (Lipinski definition) is 3. The maximum atomic E-state index is 4.33. The molecule has 0 aliphatic carbocycles. The molecule has 2 heterocycles. The summed E-state index contributed by atoms with van der Waals surface area (Å²) in [7, 11) is 0. The van der Waals surface area contributed by atoms with Crippen molar-refractivity contribution in [3.63, 3.8) is 0 Å². The zero-order chi connectivity index (χ0) is 13.3. The predicted octanol–water partition coefficient (Wildman–Crippen LogP) is 3.35. The Kier molecular flexibility index (Phi) is 6.15. The highest BCUT2D eigenvalue weighted by molar-refractivity contribution is 5.51. The first kappa shape index (κ1) is 14.3. The molecule has 106 valence electrons. The summed E-state index contributed by atoms with van der Waals surface area (Å²) in [6.45, 7) is 6.63. The average Bonchev–Trinajstić information content (AvgIpc) is 2.40. The largest absolute Gasteiger partial charge is 0.370 e. The molecule has 0 aromatic carbocycles. The van der Waals surface area contributed by atoms with Gasteiger partial charge < -0.3 is 10.2 Å². The van der Waals surface area contributed by atoms with Crippen LogP contribution in [-0.2, 0) is 6.54 Å². The zero-order valence-electron chi connectivity index (χ0n) is 12.2. The van der Waals surface area contributed by atoms with E-state index in [2.05, 4.69) is 28.2 Å². The van der Waals surface area contributed by atoms with Crippen molar-refractivity contribution in [3.8, 4) is 0 Å². The first-order chi connectivity index (χ1) is 9.42. The van der Waals surface area contributed by atoms with E-state index < -0.39 is 0 Å². The summed E-state index contributed by atoms with van der Waals surface area (Å²) >= 11 is 0. The zero-order valence-corrected chi connectivity index (χ0v) is 12.2. The highest BCUT2D eigenvalue weighted by Crippen LogP contribution is 2.22. The fourth-order valence-electron chi connectivity index (χ4n) is 2.74. The molecule has 0 saturated carbocycles. The molecule has 0 spiro atoms. The molecule has 0 radical (unpaired) electrons. The van der Waals surface area contributed by atoms with E-state index in [1.807, 2.05) is 12.4 Å². The fourth-order valence-corrected chi connectivity index (χ4v) is 2.74. The topological polar surface area (TPSA) is 28.2 Å². The van der Waals surface area contributed by atoms with Crippen LogP contribution in [0.2, 0.25) is 0 Å². The monoisotopic (exact) mass is 261 g/mol. The van der Waals surface area contributed by atoms with Gasteiger partial charge >= 0.3 is 0 Å². The van der Waals surface area contributed by atoms with E-state index >= 15 is 0 Å². The quantitative estimate of drug-likeness (QED) is 0.824. The summed E-state index contributed by atoms with van der Waals surface area (Å²) in [5, 5.41) is 3.50. The van der Waals surface area contributed by atoms with Crippen LogP contribution in [-0.4, -0.2) is 24.6 Å². The normalized spacial score (nSPS) is 17.0. The van der Waals surface area contributed by atoms with Gasteiger partial charge in [-0.1, -0.05) is 26.2 Å². The van der Waals surface area contributed by atoms with Crippen LogP contribution in [0.1, 0.15) is 51.0 Å². The Hall–Kier alpha value is -1.09. The van der Waals surface area contributed by atoms with Crippen molar-refractivity contribution in [1.29, 1.82) is 0 Å². The molecular formula is C16H27N3. The average molecular weight is 261 g/mol. The molecule has 0 amide bonds. The Labute approximate surface area is 117 Å². The van der Waals surface area contributed by atoms with Crippen molar-refractivity contribution >= 4 is 5.69 Å². The highest BCUT2D eigenvalue weighted by atomic mass is 15.1. The Bertz CT molecular complexity index is 357. The van der Waals surface area contributed by atoms with Gasteiger partial charge in [0.15, 0.2) is 0 Å². The molecule has 1 N–H and O–H groups in total. The maximum Gasteiger partial charge on any atom is 0.0598 e. The second-order valence-electron chi connectivity index (χ2n) is 5.44. The lowest BCUT2D eigenvalue weighted by Crippen LogP contribution is -2.29. The van der Waals surface area contributed by atoms with Gasteiger partial charge in [0.2, 0.25) is 0 Å². The van der Waals surface area contributed by atoms with Gasteiger partial charge in [-0.2, -0.15) is 0 Å². The van der Waals surface area contributed by atoms with Crippen molar-refractivity contribution in [3.05, 3.63) is 24.0 Å². The van der Waals surface area contributed by atoms with Gasteiger partial charge in [0.25, 0.3) is 0 Å². The third-order valence-electron chi connectivity index (χ3n) is 3.83. The van der Waals surface area contributed by atoms with Crippen molar-refractivity contribution in [2.75, 3.05) is 24.5 Å². The van der Waals surface area contributed by atoms with Gasteiger partial charge in [0, 0.05) is 25.8 Å². The lowest BCUT2D eigenvalue weighted by molar-refractivity contribution is 0.554. The van der Waals surface area contributed by atoms with Gasteiger partial charge in [-0.25, -0.2) is 0 Å². The number of nitrogens with one attached hydrogen (secondary N) is 1. The van der Waals surface area contributed by atoms with Crippen molar-refractivity contribution < 1.29 is 0 Å². The van der Waals surface area contributed by atoms with Gasteiger partial charge in [0.05, 0.1) is 11.9 Å². The molecular weight excluding hydrogens is 234 g/mol. The summed E-state index contributed by atoms with van der Waals surface area (Å²) in [6.07, 6.45) is 11.9. The summed E-state index contributed by atoms with van der Waals surface area (Å²) in [6, 6.07) is 2.16. The Balaban J connectivity index is 2.03. The van der Waals surface area contributed by atoms with E-state index in [4.69, 9.17) is 0 Å². The summed E-state index contributed by atoms with van der Waals surface area (Å²) < 4.78 is 0. The molecule has 1 aromatic rings. The minimum absolute atomic E-state index is 0.961. The number of rotatable bonds is 5. The van der Waals surface area contributed by atoms with Gasteiger partial charge in [-0.3, -0.25) is 4.98 Å². The molecule has 3 nitrogen and oxygen atoms in total. The van der Waals surface area contributed by atoms with Crippen LogP contribution in [0, 0.1) is 0 Å². The lowest BCUT2D eigenvalue weighted by atomic mass is 10.1. The third kappa shape index (κ3) is 4.50. The first-order valence-electron chi connectivity index (χ1n) is 7.80.